The molecule has 0 saturated carbocycles. The van der Waals surface area contributed by atoms with Crippen LogP contribution in [0.2, 0.25) is 0 Å². The van der Waals surface area contributed by atoms with Crippen molar-refractivity contribution in [3.05, 3.63) is 168 Å². The van der Waals surface area contributed by atoms with Crippen molar-refractivity contribution in [3.8, 4) is 22.3 Å². The van der Waals surface area contributed by atoms with Crippen molar-refractivity contribution in [3.63, 3.8) is 0 Å². The van der Waals surface area contributed by atoms with Gasteiger partial charge in [0.15, 0.2) is 0 Å². The molecular formula is C42H34N2S. The fraction of sp³-hybridized carbons (Fsp3) is 0.119. The molecule has 1 N–H and O–H groups in total. The van der Waals surface area contributed by atoms with Gasteiger partial charge in [-0.3, -0.25) is 4.99 Å². The zero-order valence-electron chi connectivity index (χ0n) is 25.2. The summed E-state index contributed by atoms with van der Waals surface area (Å²) in [5.41, 5.74) is 8.70. The number of amidine groups is 1. The molecule has 45 heavy (non-hydrogen) atoms. The third kappa shape index (κ3) is 5.13. The molecule has 7 aromatic rings. The molecule has 0 spiro atoms. The van der Waals surface area contributed by atoms with E-state index in [1.807, 2.05) is 11.3 Å². The highest BCUT2D eigenvalue weighted by Crippen LogP contribution is 2.46. The average Bonchev–Trinajstić information content (AvgIpc) is 3.50. The molecule has 3 heteroatoms. The van der Waals surface area contributed by atoms with Crippen molar-refractivity contribution in [2.24, 2.45) is 10.9 Å². The van der Waals surface area contributed by atoms with Gasteiger partial charge in [-0.05, 0) is 64.1 Å². The number of hydrogen-bond donors (Lipinski definition) is 1. The predicted octanol–water partition coefficient (Wildman–Crippen LogP) is 11.2. The zero-order chi connectivity index (χ0) is 30.2. The summed E-state index contributed by atoms with van der Waals surface area (Å²) in [5.74, 6) is 1.26. The second-order valence-electron chi connectivity index (χ2n) is 11.9. The number of nitrogens with one attached hydrogen (secondary N) is 1. The molecule has 0 amide bonds. The molecule has 218 valence electrons. The minimum Gasteiger partial charge on any atom is -0.363 e. The first-order chi connectivity index (χ1) is 22.3. The Morgan fingerprint density at radius 2 is 1.20 bits per heavy atom. The maximum atomic E-state index is 5.38. The van der Waals surface area contributed by atoms with Gasteiger partial charge in [0, 0.05) is 31.7 Å². The molecule has 8 rings (SSSR count). The van der Waals surface area contributed by atoms with Crippen LogP contribution in [0.25, 0.3) is 42.4 Å². The monoisotopic (exact) mass is 598 g/mol. The predicted molar refractivity (Wildman–Crippen MR) is 192 cm³/mol. The van der Waals surface area contributed by atoms with Crippen molar-refractivity contribution < 1.29 is 0 Å². The Labute approximate surface area is 268 Å². The van der Waals surface area contributed by atoms with Crippen molar-refractivity contribution in [2.45, 2.75) is 25.4 Å². The first kappa shape index (κ1) is 27.6. The molecule has 0 bridgehead atoms. The van der Waals surface area contributed by atoms with Crippen molar-refractivity contribution in [2.75, 3.05) is 0 Å². The SMILES string of the molecule is CCC1C(c2ccccc2)N=C(c2ccccc2)NC1c1cccc2sc3ccc(-c4cccc(-c5ccccc5)c4)cc3c12. The van der Waals surface area contributed by atoms with Crippen LogP contribution in [0.1, 0.15) is 42.1 Å². The second-order valence-corrected chi connectivity index (χ2v) is 13.0. The first-order valence-corrected chi connectivity index (χ1v) is 16.6. The van der Waals surface area contributed by atoms with Crippen molar-refractivity contribution in [1.82, 2.24) is 5.32 Å². The van der Waals surface area contributed by atoms with E-state index in [2.05, 4.69) is 164 Å². The Balaban J connectivity index is 1.28. The molecule has 6 aromatic carbocycles. The van der Waals surface area contributed by atoms with E-state index < -0.39 is 0 Å². The first-order valence-electron chi connectivity index (χ1n) is 15.8. The smallest absolute Gasteiger partial charge is 0.129 e. The lowest BCUT2D eigenvalue weighted by Gasteiger charge is -2.38. The minimum atomic E-state index is 0.0640. The molecule has 2 heterocycles. The fourth-order valence-corrected chi connectivity index (χ4v) is 8.12. The number of benzene rings is 6. The van der Waals surface area contributed by atoms with Gasteiger partial charge in [0.25, 0.3) is 0 Å². The maximum absolute atomic E-state index is 5.38. The highest BCUT2D eigenvalue weighted by atomic mass is 32.1. The number of nitrogens with zero attached hydrogens (tertiary/aromatic N) is 1. The van der Waals surface area contributed by atoms with Crippen LogP contribution in [0.15, 0.2) is 157 Å². The highest BCUT2D eigenvalue weighted by molar-refractivity contribution is 7.25. The lowest BCUT2D eigenvalue weighted by atomic mass is 9.79. The van der Waals surface area contributed by atoms with E-state index in [4.69, 9.17) is 4.99 Å². The van der Waals surface area contributed by atoms with Crippen LogP contribution in [0.3, 0.4) is 0 Å². The van der Waals surface area contributed by atoms with Gasteiger partial charge in [0.1, 0.15) is 5.84 Å². The Bertz CT molecular complexity index is 2130. The van der Waals surface area contributed by atoms with Gasteiger partial charge in [-0.15, -0.1) is 11.3 Å². The van der Waals surface area contributed by atoms with Crippen LogP contribution in [0.5, 0.6) is 0 Å². The molecule has 1 aliphatic heterocycles. The van der Waals surface area contributed by atoms with Gasteiger partial charge < -0.3 is 5.32 Å². The topological polar surface area (TPSA) is 24.4 Å². The van der Waals surface area contributed by atoms with E-state index in [1.165, 1.54) is 53.6 Å². The van der Waals surface area contributed by atoms with Crippen LogP contribution in [0.4, 0.5) is 0 Å². The van der Waals surface area contributed by atoms with Crippen molar-refractivity contribution >= 4 is 37.3 Å². The highest BCUT2D eigenvalue weighted by Gasteiger charge is 2.36. The molecule has 3 unspecified atom stereocenters. The zero-order valence-corrected chi connectivity index (χ0v) is 26.0. The Hall–Kier alpha value is -4.99. The Morgan fingerprint density at radius 1 is 0.578 bits per heavy atom. The van der Waals surface area contributed by atoms with Crippen LogP contribution >= 0.6 is 11.3 Å². The summed E-state index contributed by atoms with van der Waals surface area (Å²) in [4.78, 5) is 5.38. The molecule has 1 aliphatic rings. The quantitative estimate of drug-likeness (QED) is 0.202. The van der Waals surface area contributed by atoms with E-state index in [0.29, 0.717) is 5.92 Å². The fourth-order valence-electron chi connectivity index (χ4n) is 7.00. The van der Waals surface area contributed by atoms with Crippen molar-refractivity contribution in [1.29, 1.82) is 0 Å². The average molecular weight is 599 g/mol. The molecule has 0 fully saturated rings. The van der Waals surface area contributed by atoms with Gasteiger partial charge in [-0.2, -0.15) is 0 Å². The number of rotatable bonds is 6. The van der Waals surface area contributed by atoms with Gasteiger partial charge in [0.05, 0.1) is 12.1 Å². The third-order valence-electron chi connectivity index (χ3n) is 9.22. The number of fused-ring (bicyclic) bond motifs is 3. The molecular weight excluding hydrogens is 565 g/mol. The third-order valence-corrected chi connectivity index (χ3v) is 10.4. The summed E-state index contributed by atoms with van der Waals surface area (Å²) >= 11 is 1.89. The Kier molecular flexibility index (Phi) is 7.25. The summed E-state index contributed by atoms with van der Waals surface area (Å²) in [6.45, 7) is 2.31. The summed E-state index contributed by atoms with van der Waals surface area (Å²) in [6.07, 6.45) is 1.01. The van der Waals surface area contributed by atoms with E-state index in [0.717, 1.165) is 17.8 Å². The van der Waals surface area contributed by atoms with E-state index in [9.17, 15) is 0 Å². The summed E-state index contributed by atoms with van der Waals surface area (Å²) < 4.78 is 2.65. The standard InChI is InChI=1S/C42H34N2S/c1-2-34-40(29-16-8-4-9-17-29)43-42(30-18-10-5-11-19-30)44-41(34)35-22-13-23-38-39(35)36-27-33(24-25-37(36)45-38)32-21-12-20-31(26-32)28-14-6-3-7-15-28/h3-27,34,40-41H,2H2,1H3,(H,43,44). The van der Waals surface area contributed by atoms with Crippen LogP contribution in [-0.2, 0) is 0 Å². The van der Waals surface area contributed by atoms with Gasteiger partial charge in [0.2, 0.25) is 0 Å². The molecule has 2 nitrogen and oxygen atoms in total. The number of aliphatic imine (C=N–C) groups is 1. The lowest BCUT2D eigenvalue weighted by Crippen LogP contribution is -2.41. The van der Waals surface area contributed by atoms with Gasteiger partial charge in [-0.25, -0.2) is 0 Å². The number of thiophene rings is 1. The van der Waals surface area contributed by atoms with Crippen LogP contribution in [-0.4, -0.2) is 5.84 Å². The van der Waals surface area contributed by atoms with Crippen LogP contribution < -0.4 is 5.32 Å². The number of hydrogen-bond acceptors (Lipinski definition) is 3. The Morgan fingerprint density at radius 3 is 1.93 bits per heavy atom. The second kappa shape index (κ2) is 11.8. The molecule has 0 aliphatic carbocycles. The summed E-state index contributed by atoms with van der Waals surface area (Å²) in [7, 11) is 0. The van der Waals surface area contributed by atoms with Crippen LogP contribution in [0, 0.1) is 5.92 Å². The molecule has 3 atom stereocenters. The largest absolute Gasteiger partial charge is 0.363 e. The summed E-state index contributed by atoms with van der Waals surface area (Å²) in [6, 6.07) is 55.0. The van der Waals surface area contributed by atoms with E-state index in [-0.39, 0.29) is 12.1 Å². The van der Waals surface area contributed by atoms with Gasteiger partial charge in [-0.1, -0.05) is 134 Å². The molecule has 0 radical (unpaired) electrons. The minimum absolute atomic E-state index is 0.0640. The lowest BCUT2D eigenvalue weighted by molar-refractivity contribution is 0.312. The molecule has 1 aromatic heterocycles. The van der Waals surface area contributed by atoms with E-state index in [1.54, 1.807) is 0 Å². The van der Waals surface area contributed by atoms with E-state index >= 15 is 0 Å². The molecule has 0 saturated heterocycles. The normalized spacial score (nSPS) is 18.1. The van der Waals surface area contributed by atoms with Gasteiger partial charge >= 0.3 is 0 Å². The maximum Gasteiger partial charge on any atom is 0.129 e. The summed E-state index contributed by atoms with van der Waals surface area (Å²) in [5, 5.41) is 6.64.